The number of aromatic nitrogens is 6. The van der Waals surface area contributed by atoms with Crippen molar-refractivity contribution in [3.05, 3.63) is 215 Å². The minimum Gasteiger partial charge on any atom is -0.370 e. The molecule has 0 spiro atoms. The van der Waals surface area contributed by atoms with Crippen LogP contribution in [0.5, 0.6) is 0 Å². The number of benzene rings is 6. The summed E-state index contributed by atoms with van der Waals surface area (Å²) in [6, 6.07) is 59.0. The zero-order chi connectivity index (χ0) is 39.6. The maximum atomic E-state index is 6.34. The van der Waals surface area contributed by atoms with Gasteiger partial charge in [0.05, 0.1) is 24.6 Å². The van der Waals surface area contributed by atoms with Gasteiger partial charge in [0.15, 0.2) is 5.54 Å². The minimum atomic E-state index is -0.849. The van der Waals surface area contributed by atoms with Gasteiger partial charge in [0.2, 0.25) is 5.82 Å². The molecule has 0 aliphatic rings. The van der Waals surface area contributed by atoms with E-state index in [4.69, 9.17) is 25.2 Å². The first-order chi connectivity index (χ1) is 28.7. The van der Waals surface area contributed by atoms with Gasteiger partial charge in [0.1, 0.15) is 0 Å². The third-order valence-electron chi connectivity index (χ3n) is 10.9. The van der Waals surface area contributed by atoms with E-state index in [-0.39, 0.29) is 0 Å². The van der Waals surface area contributed by atoms with Crippen molar-refractivity contribution in [3.63, 3.8) is 0 Å². The molecule has 0 bridgehead atoms. The largest absolute Gasteiger partial charge is 0.370 e. The Morgan fingerprint density at radius 1 is 0.552 bits per heavy atom. The van der Waals surface area contributed by atoms with Gasteiger partial charge in [0.25, 0.3) is 0 Å². The number of tetrazole rings is 1. The molecule has 0 N–H and O–H groups in total. The monoisotopic (exact) mass is 762 g/mol. The molecule has 290 valence electrons. The van der Waals surface area contributed by atoms with E-state index in [1.165, 1.54) is 28.1 Å². The van der Waals surface area contributed by atoms with Crippen molar-refractivity contribution in [1.82, 2.24) is 30.0 Å². The first kappa shape index (κ1) is 38.4. The van der Waals surface area contributed by atoms with Gasteiger partial charge < -0.3 is 4.74 Å². The van der Waals surface area contributed by atoms with Crippen molar-refractivity contribution in [2.24, 2.45) is 0 Å². The van der Waals surface area contributed by atoms with E-state index in [2.05, 4.69) is 158 Å². The molecule has 0 aliphatic carbocycles. The summed E-state index contributed by atoms with van der Waals surface area (Å²) in [4.78, 5) is 1.79. The average Bonchev–Trinajstić information content (AvgIpc) is 3.90. The molecule has 6 aromatic carbocycles. The smallest absolute Gasteiger partial charge is 0.205 e. The predicted octanol–water partition coefficient (Wildman–Crippen LogP) is 11.1. The summed E-state index contributed by atoms with van der Waals surface area (Å²) in [5, 5.41) is 20.0. The summed E-state index contributed by atoms with van der Waals surface area (Å²) in [6.07, 6.45) is 5.02. The summed E-state index contributed by atoms with van der Waals surface area (Å²) in [5.41, 5.74) is 11.4. The molecule has 0 radical (unpaired) electrons. The topological polar surface area (TPSA) is 70.7 Å². The summed E-state index contributed by atoms with van der Waals surface area (Å²) in [6.45, 7) is 6.43. The number of hydrogen-bond donors (Lipinski definition) is 0. The molecule has 2 heterocycles. The zero-order valence-electron chi connectivity index (χ0n) is 33.4. The van der Waals surface area contributed by atoms with Crippen molar-refractivity contribution in [3.8, 4) is 22.5 Å². The Kier molecular flexibility index (Phi) is 12.1. The van der Waals surface area contributed by atoms with Crippen molar-refractivity contribution in [2.45, 2.75) is 71.2 Å². The first-order valence-corrected chi connectivity index (χ1v) is 20.5. The lowest BCUT2D eigenvalue weighted by atomic mass is 9.77. The van der Waals surface area contributed by atoms with Crippen LogP contribution in [-0.2, 0) is 42.9 Å². The van der Waals surface area contributed by atoms with Crippen LogP contribution in [0.25, 0.3) is 22.5 Å². The second kappa shape index (κ2) is 18.2. The maximum Gasteiger partial charge on any atom is 0.205 e. The molecule has 58 heavy (non-hydrogen) atoms. The third-order valence-corrected chi connectivity index (χ3v) is 10.9. The van der Waals surface area contributed by atoms with Gasteiger partial charge in [-0.2, -0.15) is 5.10 Å². The van der Waals surface area contributed by atoms with E-state index in [0.29, 0.717) is 19.0 Å². The molecular formula is C51H50N6O. The molecule has 7 heteroatoms. The Bertz CT molecular complexity index is 2400. The normalized spacial score (nSPS) is 11.6. The number of ether oxygens (including phenoxy) is 1. The van der Waals surface area contributed by atoms with Crippen molar-refractivity contribution in [2.75, 3.05) is 0 Å². The molecule has 0 aliphatic heterocycles. The van der Waals surface area contributed by atoms with Crippen molar-refractivity contribution >= 4 is 0 Å². The molecule has 2 aromatic heterocycles. The molecular weight excluding hydrogens is 713 g/mol. The Hall–Kier alpha value is -6.44. The second-order valence-corrected chi connectivity index (χ2v) is 14.8. The summed E-state index contributed by atoms with van der Waals surface area (Å²) in [7, 11) is 0. The lowest BCUT2D eigenvalue weighted by molar-refractivity contribution is 0.101. The highest BCUT2D eigenvalue weighted by Crippen LogP contribution is 2.40. The first-order valence-electron chi connectivity index (χ1n) is 20.5. The van der Waals surface area contributed by atoms with Gasteiger partial charge in [-0.05, 0) is 63.4 Å². The summed E-state index contributed by atoms with van der Waals surface area (Å²) >= 11 is 0. The lowest BCUT2D eigenvalue weighted by Crippen LogP contribution is -2.39. The number of unbranched alkanes of at least 4 members (excludes halogenated alkanes) is 1. The highest BCUT2D eigenvalue weighted by atomic mass is 16.5. The Morgan fingerprint density at radius 2 is 1.12 bits per heavy atom. The Morgan fingerprint density at radius 3 is 1.71 bits per heavy atom. The number of hydrogen-bond acceptors (Lipinski definition) is 5. The molecule has 8 rings (SSSR count). The van der Waals surface area contributed by atoms with E-state index >= 15 is 0 Å². The van der Waals surface area contributed by atoms with Crippen LogP contribution >= 0.6 is 0 Å². The zero-order valence-corrected chi connectivity index (χ0v) is 33.4. The van der Waals surface area contributed by atoms with Crippen LogP contribution in [0.2, 0.25) is 0 Å². The van der Waals surface area contributed by atoms with Crippen LogP contribution in [0.3, 0.4) is 0 Å². The molecule has 0 fully saturated rings. The number of aryl methyl sites for hydroxylation is 2. The van der Waals surface area contributed by atoms with Gasteiger partial charge in [-0.15, -0.1) is 15.0 Å². The maximum absolute atomic E-state index is 6.34. The van der Waals surface area contributed by atoms with Gasteiger partial charge in [-0.1, -0.05) is 190 Å². The Balaban J connectivity index is 1.12. The van der Waals surface area contributed by atoms with Crippen LogP contribution < -0.4 is 0 Å². The van der Waals surface area contributed by atoms with Gasteiger partial charge >= 0.3 is 0 Å². The lowest BCUT2D eigenvalue weighted by Gasteiger charge is -2.34. The van der Waals surface area contributed by atoms with Gasteiger partial charge in [0, 0.05) is 24.1 Å². The van der Waals surface area contributed by atoms with Gasteiger partial charge in [-0.25, -0.2) is 0 Å². The van der Waals surface area contributed by atoms with E-state index in [1.807, 2.05) is 30.3 Å². The fourth-order valence-corrected chi connectivity index (χ4v) is 8.02. The van der Waals surface area contributed by atoms with Crippen LogP contribution in [0.15, 0.2) is 170 Å². The molecule has 0 atom stereocenters. The molecule has 7 nitrogen and oxygen atoms in total. The average molecular weight is 763 g/mol. The fourth-order valence-electron chi connectivity index (χ4n) is 8.02. The van der Waals surface area contributed by atoms with Gasteiger partial charge in [-0.3, -0.25) is 4.68 Å². The number of rotatable bonds is 17. The van der Waals surface area contributed by atoms with E-state index in [0.717, 1.165) is 72.0 Å². The van der Waals surface area contributed by atoms with Crippen molar-refractivity contribution in [1.29, 1.82) is 0 Å². The van der Waals surface area contributed by atoms with E-state index < -0.39 is 5.54 Å². The molecule has 0 saturated heterocycles. The van der Waals surface area contributed by atoms with E-state index in [1.54, 1.807) is 4.80 Å². The van der Waals surface area contributed by atoms with Crippen molar-refractivity contribution < 1.29 is 4.74 Å². The molecule has 0 amide bonds. The standard InChI is InChI=1S/C51H50N6O/c1-3-5-30-48-47(49(56(53-48)35-4-2)38-58-37-40-20-10-6-11-21-40)36-39-31-33-41(34-32-39)45-28-18-19-29-46(45)50-52-55-57(54-50)51(42-22-12-7-13-23-42,43-24-14-8-15-25-43)44-26-16-9-17-27-44/h6-29,31-34H,3-5,30,35-38H2,1-2H3. The Labute approximate surface area is 342 Å². The quantitative estimate of drug-likeness (QED) is 0.0864. The molecule has 0 unspecified atom stereocenters. The SMILES string of the molecule is CCCCc1nn(CCC)c(COCc2ccccc2)c1Cc1ccc(-c2ccccc2-c2nnn(C(c3ccccc3)(c3ccccc3)c3ccccc3)n2)cc1. The van der Waals surface area contributed by atoms with Crippen LogP contribution in [0.1, 0.15) is 77.9 Å². The summed E-state index contributed by atoms with van der Waals surface area (Å²) < 4.78 is 8.53. The summed E-state index contributed by atoms with van der Waals surface area (Å²) in [5.74, 6) is 0.566. The van der Waals surface area contributed by atoms with Crippen LogP contribution in [0.4, 0.5) is 0 Å². The highest BCUT2D eigenvalue weighted by molar-refractivity contribution is 5.80. The number of nitrogens with zero attached hydrogens (tertiary/aromatic N) is 6. The van der Waals surface area contributed by atoms with Crippen LogP contribution in [-0.4, -0.2) is 30.0 Å². The minimum absolute atomic E-state index is 0.530. The second-order valence-electron chi connectivity index (χ2n) is 14.8. The van der Waals surface area contributed by atoms with Crippen LogP contribution in [0, 0.1) is 0 Å². The molecule has 8 aromatic rings. The predicted molar refractivity (Wildman–Crippen MR) is 232 cm³/mol. The molecule has 0 saturated carbocycles. The highest BCUT2D eigenvalue weighted by Gasteiger charge is 2.41. The fraction of sp³-hybridized carbons (Fsp3) is 0.216. The third kappa shape index (κ3) is 8.04. The van der Waals surface area contributed by atoms with E-state index in [9.17, 15) is 0 Å².